The van der Waals surface area contributed by atoms with Crippen molar-refractivity contribution in [2.24, 2.45) is 5.92 Å². The minimum Gasteiger partial charge on any atom is -0.312 e. The highest BCUT2D eigenvalue weighted by molar-refractivity contribution is 7.89. The molecule has 3 aromatic rings. The minimum absolute atomic E-state index is 0.00251. The average molecular weight is 465 g/mol. The molecule has 0 radical (unpaired) electrons. The van der Waals surface area contributed by atoms with Gasteiger partial charge in [0.2, 0.25) is 10.0 Å². The highest BCUT2D eigenvalue weighted by Gasteiger charge is 2.41. The van der Waals surface area contributed by atoms with Crippen LogP contribution in [0.1, 0.15) is 49.8 Å². The van der Waals surface area contributed by atoms with Crippen LogP contribution >= 0.6 is 0 Å². The Morgan fingerprint density at radius 2 is 1.70 bits per heavy atom. The monoisotopic (exact) mass is 464 g/mol. The van der Waals surface area contributed by atoms with Crippen molar-refractivity contribution in [2.75, 3.05) is 13.1 Å². The number of benzene rings is 1. The molecule has 2 aliphatic heterocycles. The van der Waals surface area contributed by atoms with Gasteiger partial charge in [-0.1, -0.05) is 49.2 Å². The van der Waals surface area contributed by atoms with Crippen LogP contribution in [-0.4, -0.2) is 40.2 Å². The molecule has 0 amide bonds. The number of hydrogen-bond acceptors (Lipinski definition) is 4. The third-order valence-electron chi connectivity index (χ3n) is 7.51. The number of aromatic nitrogens is 3. The standard InChI is InChI=1S/C25H28N4O3S/c30-24-12-6-11-22-20-13-18(15-28(22)24)14-27(16-20)33(31,32)23-17-29(21-9-4-5-10-21)26-25(23)19-7-2-1-3-8-19/h1-3,6-8,11-12,17-18,20-21H,4-5,9-10,13-16H2. The maximum Gasteiger partial charge on any atom is 0.250 e. The van der Waals surface area contributed by atoms with Crippen LogP contribution in [0.4, 0.5) is 0 Å². The molecule has 1 aliphatic carbocycles. The van der Waals surface area contributed by atoms with Crippen LogP contribution in [0.15, 0.2) is 64.4 Å². The Hall–Kier alpha value is -2.71. The number of pyridine rings is 1. The van der Waals surface area contributed by atoms with Crippen LogP contribution < -0.4 is 5.56 Å². The zero-order valence-electron chi connectivity index (χ0n) is 18.5. The van der Waals surface area contributed by atoms with Crippen molar-refractivity contribution >= 4 is 10.0 Å². The van der Waals surface area contributed by atoms with Crippen molar-refractivity contribution < 1.29 is 8.42 Å². The lowest BCUT2D eigenvalue weighted by Gasteiger charge is -2.41. The normalized spacial score (nSPS) is 23.5. The second kappa shape index (κ2) is 7.95. The van der Waals surface area contributed by atoms with E-state index in [2.05, 4.69) is 0 Å². The van der Waals surface area contributed by atoms with E-state index in [-0.39, 0.29) is 23.4 Å². The van der Waals surface area contributed by atoms with Gasteiger partial charge in [-0.25, -0.2) is 8.42 Å². The maximum absolute atomic E-state index is 14.0. The molecule has 2 bridgehead atoms. The molecule has 1 saturated carbocycles. The first kappa shape index (κ1) is 20.9. The number of hydrogen-bond donors (Lipinski definition) is 0. The van der Waals surface area contributed by atoms with E-state index in [1.807, 2.05) is 45.6 Å². The lowest BCUT2D eigenvalue weighted by atomic mass is 9.84. The van der Waals surface area contributed by atoms with Gasteiger partial charge in [0.15, 0.2) is 0 Å². The van der Waals surface area contributed by atoms with Crippen LogP contribution in [-0.2, 0) is 16.6 Å². The number of sulfonamides is 1. The van der Waals surface area contributed by atoms with Gasteiger partial charge in [0, 0.05) is 49.1 Å². The van der Waals surface area contributed by atoms with E-state index in [9.17, 15) is 13.2 Å². The highest BCUT2D eigenvalue weighted by atomic mass is 32.2. The molecule has 3 aliphatic rings. The summed E-state index contributed by atoms with van der Waals surface area (Å²) in [7, 11) is -3.74. The lowest BCUT2D eigenvalue weighted by Crippen LogP contribution is -2.49. The van der Waals surface area contributed by atoms with Gasteiger partial charge in [-0.15, -0.1) is 0 Å². The van der Waals surface area contributed by atoms with Crippen LogP contribution in [0, 0.1) is 5.92 Å². The van der Waals surface area contributed by atoms with Crippen molar-refractivity contribution in [1.82, 2.24) is 18.7 Å². The third-order valence-corrected chi connectivity index (χ3v) is 9.34. The quantitative estimate of drug-likeness (QED) is 0.591. The summed E-state index contributed by atoms with van der Waals surface area (Å²) in [6.07, 6.45) is 7.06. The summed E-state index contributed by atoms with van der Waals surface area (Å²) in [6, 6.07) is 15.2. The Balaban J connectivity index is 1.40. The van der Waals surface area contributed by atoms with Crippen LogP contribution in [0.5, 0.6) is 0 Å². The fourth-order valence-corrected chi connectivity index (χ4v) is 7.61. The summed E-state index contributed by atoms with van der Waals surface area (Å²) in [5, 5.41) is 4.81. The fraction of sp³-hybridized carbons (Fsp3) is 0.440. The molecule has 33 heavy (non-hydrogen) atoms. The van der Waals surface area contributed by atoms with Gasteiger partial charge >= 0.3 is 0 Å². The molecule has 0 spiro atoms. The molecule has 7 nitrogen and oxygen atoms in total. The Bertz CT molecular complexity index is 1340. The van der Waals surface area contributed by atoms with E-state index in [0.29, 0.717) is 30.2 Å². The Labute approximate surface area is 193 Å². The molecule has 8 heteroatoms. The van der Waals surface area contributed by atoms with Gasteiger partial charge in [-0.2, -0.15) is 9.40 Å². The summed E-state index contributed by atoms with van der Waals surface area (Å²) < 4.78 is 33.4. The summed E-state index contributed by atoms with van der Waals surface area (Å²) in [6.45, 7) is 1.40. The first-order valence-corrected chi connectivity index (χ1v) is 13.3. The Morgan fingerprint density at radius 1 is 0.909 bits per heavy atom. The van der Waals surface area contributed by atoms with Crippen molar-refractivity contribution in [3.05, 3.63) is 70.8 Å². The number of piperidine rings is 1. The summed E-state index contributed by atoms with van der Waals surface area (Å²) >= 11 is 0. The predicted molar refractivity (Wildman–Crippen MR) is 125 cm³/mol. The summed E-state index contributed by atoms with van der Waals surface area (Å²) in [4.78, 5) is 12.6. The second-order valence-electron chi connectivity index (χ2n) is 9.65. The van der Waals surface area contributed by atoms with Crippen LogP contribution in [0.2, 0.25) is 0 Å². The fourth-order valence-electron chi connectivity index (χ4n) is 5.90. The third kappa shape index (κ3) is 3.56. The molecule has 2 unspecified atom stereocenters. The molecule has 6 rings (SSSR count). The topological polar surface area (TPSA) is 77.2 Å². The Morgan fingerprint density at radius 3 is 2.48 bits per heavy atom. The molecule has 2 fully saturated rings. The number of fused-ring (bicyclic) bond motifs is 4. The molecular formula is C25H28N4O3S. The van der Waals surface area contributed by atoms with Gasteiger partial charge in [-0.05, 0) is 31.2 Å². The largest absolute Gasteiger partial charge is 0.312 e. The highest BCUT2D eigenvalue weighted by Crippen LogP contribution is 2.39. The first-order chi connectivity index (χ1) is 16.0. The van der Waals surface area contributed by atoms with E-state index >= 15 is 0 Å². The van der Waals surface area contributed by atoms with Crippen LogP contribution in [0.3, 0.4) is 0 Å². The summed E-state index contributed by atoms with van der Waals surface area (Å²) in [5.74, 6) is 0.169. The van der Waals surface area contributed by atoms with Crippen molar-refractivity contribution in [2.45, 2.75) is 55.5 Å². The second-order valence-corrected chi connectivity index (χ2v) is 11.6. The van der Waals surface area contributed by atoms with Crippen molar-refractivity contribution in [1.29, 1.82) is 0 Å². The molecule has 4 heterocycles. The van der Waals surface area contributed by atoms with E-state index in [1.54, 1.807) is 22.6 Å². The number of nitrogens with zero attached hydrogens (tertiary/aromatic N) is 4. The molecule has 2 aromatic heterocycles. The molecule has 1 saturated heterocycles. The SMILES string of the molecule is O=c1cccc2n1CC1CC2CN(S(=O)(=O)c2cn(C3CCCC3)nc2-c2ccccc2)C1. The minimum atomic E-state index is -3.74. The zero-order chi connectivity index (χ0) is 22.6. The molecule has 0 N–H and O–H groups in total. The zero-order valence-corrected chi connectivity index (χ0v) is 19.3. The Kier molecular flexibility index (Phi) is 5.03. The van der Waals surface area contributed by atoms with Gasteiger partial charge in [-0.3, -0.25) is 9.48 Å². The molecule has 2 atom stereocenters. The smallest absolute Gasteiger partial charge is 0.250 e. The average Bonchev–Trinajstić information content (AvgIpc) is 3.51. The van der Waals surface area contributed by atoms with Crippen LogP contribution in [0.25, 0.3) is 11.3 Å². The first-order valence-electron chi connectivity index (χ1n) is 11.8. The van der Waals surface area contributed by atoms with E-state index in [0.717, 1.165) is 43.4 Å². The predicted octanol–water partition coefficient (Wildman–Crippen LogP) is 3.63. The van der Waals surface area contributed by atoms with E-state index in [4.69, 9.17) is 5.10 Å². The van der Waals surface area contributed by atoms with Gasteiger partial charge in [0.25, 0.3) is 5.56 Å². The van der Waals surface area contributed by atoms with Gasteiger partial charge in [0.05, 0.1) is 6.04 Å². The number of rotatable bonds is 4. The summed E-state index contributed by atoms with van der Waals surface area (Å²) in [5.41, 5.74) is 2.31. The molecule has 172 valence electrons. The van der Waals surface area contributed by atoms with E-state index < -0.39 is 10.0 Å². The van der Waals surface area contributed by atoms with Crippen molar-refractivity contribution in [3.8, 4) is 11.3 Å². The molecular weight excluding hydrogens is 436 g/mol. The lowest BCUT2D eigenvalue weighted by molar-refractivity contribution is 0.186. The van der Waals surface area contributed by atoms with Gasteiger partial charge in [0.1, 0.15) is 10.6 Å². The van der Waals surface area contributed by atoms with Gasteiger partial charge < -0.3 is 4.57 Å². The van der Waals surface area contributed by atoms with Crippen molar-refractivity contribution in [3.63, 3.8) is 0 Å². The van der Waals surface area contributed by atoms with E-state index in [1.165, 1.54) is 0 Å². The maximum atomic E-state index is 14.0. The molecule has 1 aromatic carbocycles.